The second-order valence-corrected chi connectivity index (χ2v) is 4.17. The van der Waals surface area contributed by atoms with E-state index in [1.807, 2.05) is 13.0 Å². The standard InChI is InChI=1S/C11H14Cl2/c1-8(5-6-12)10-3-4-11(13)9(2)7-10/h3-4,7-8H,5-6H2,1-2H3. The van der Waals surface area contributed by atoms with Crippen LogP contribution in [-0.4, -0.2) is 5.88 Å². The van der Waals surface area contributed by atoms with Crippen LogP contribution in [0.3, 0.4) is 0 Å². The SMILES string of the molecule is Cc1cc(C(C)CCCl)ccc1Cl. The maximum absolute atomic E-state index is 5.94. The minimum absolute atomic E-state index is 0.522. The Kier molecular flexibility index (Phi) is 4.08. The summed E-state index contributed by atoms with van der Waals surface area (Å²) in [5.74, 6) is 1.23. The smallest absolute Gasteiger partial charge is 0.0435 e. The molecule has 2 heteroatoms. The summed E-state index contributed by atoms with van der Waals surface area (Å²) in [6, 6.07) is 6.17. The summed E-state index contributed by atoms with van der Waals surface area (Å²) in [7, 11) is 0. The van der Waals surface area contributed by atoms with Gasteiger partial charge in [-0.3, -0.25) is 0 Å². The molecule has 0 heterocycles. The second-order valence-electron chi connectivity index (χ2n) is 3.39. The third-order valence-corrected chi connectivity index (χ3v) is 2.94. The van der Waals surface area contributed by atoms with Gasteiger partial charge in [-0.2, -0.15) is 0 Å². The molecule has 0 saturated heterocycles. The summed E-state index contributed by atoms with van der Waals surface area (Å²) in [4.78, 5) is 0. The highest BCUT2D eigenvalue weighted by atomic mass is 35.5. The number of hydrogen-bond donors (Lipinski definition) is 0. The molecule has 0 aromatic heterocycles. The van der Waals surface area contributed by atoms with Crippen molar-refractivity contribution in [2.24, 2.45) is 0 Å². The zero-order valence-electron chi connectivity index (χ0n) is 7.98. The van der Waals surface area contributed by atoms with Crippen molar-refractivity contribution in [3.63, 3.8) is 0 Å². The highest BCUT2D eigenvalue weighted by Crippen LogP contribution is 2.24. The van der Waals surface area contributed by atoms with Gasteiger partial charge in [0, 0.05) is 10.9 Å². The van der Waals surface area contributed by atoms with Crippen LogP contribution in [0, 0.1) is 6.92 Å². The molecule has 0 amide bonds. The third-order valence-electron chi connectivity index (χ3n) is 2.29. The van der Waals surface area contributed by atoms with Crippen LogP contribution >= 0.6 is 23.2 Å². The van der Waals surface area contributed by atoms with Crippen molar-refractivity contribution in [2.45, 2.75) is 26.2 Å². The van der Waals surface area contributed by atoms with Crippen molar-refractivity contribution in [1.29, 1.82) is 0 Å². The lowest BCUT2D eigenvalue weighted by Crippen LogP contribution is -1.94. The number of benzene rings is 1. The number of alkyl halides is 1. The van der Waals surface area contributed by atoms with E-state index in [0.717, 1.165) is 17.0 Å². The molecule has 1 unspecified atom stereocenters. The van der Waals surface area contributed by atoms with E-state index in [1.54, 1.807) is 0 Å². The summed E-state index contributed by atoms with van der Waals surface area (Å²) in [6.07, 6.45) is 1.02. The predicted molar refractivity (Wildman–Crippen MR) is 59.9 cm³/mol. The molecule has 0 N–H and O–H groups in total. The average Bonchev–Trinajstić information content (AvgIpc) is 2.10. The highest BCUT2D eigenvalue weighted by molar-refractivity contribution is 6.31. The Hall–Kier alpha value is -0.200. The molecule has 0 nitrogen and oxygen atoms in total. The quantitative estimate of drug-likeness (QED) is 0.659. The van der Waals surface area contributed by atoms with E-state index < -0.39 is 0 Å². The predicted octanol–water partition coefficient (Wildman–Crippen LogP) is 4.38. The summed E-state index contributed by atoms with van der Waals surface area (Å²) < 4.78 is 0. The number of halogens is 2. The first-order valence-corrected chi connectivity index (χ1v) is 5.38. The Labute approximate surface area is 89.9 Å². The monoisotopic (exact) mass is 216 g/mol. The molecule has 0 fully saturated rings. The van der Waals surface area contributed by atoms with Crippen LogP contribution in [0.1, 0.15) is 30.4 Å². The number of hydrogen-bond acceptors (Lipinski definition) is 0. The molecular formula is C11H14Cl2. The molecule has 13 heavy (non-hydrogen) atoms. The Morgan fingerprint density at radius 1 is 1.38 bits per heavy atom. The van der Waals surface area contributed by atoms with Gasteiger partial charge in [-0.1, -0.05) is 30.7 Å². The summed E-state index contributed by atoms with van der Waals surface area (Å²) >= 11 is 11.6. The second kappa shape index (κ2) is 4.88. The van der Waals surface area contributed by atoms with Crippen molar-refractivity contribution in [3.8, 4) is 0 Å². The van der Waals surface area contributed by atoms with Crippen molar-refractivity contribution in [2.75, 3.05) is 5.88 Å². The molecule has 0 aliphatic heterocycles. The van der Waals surface area contributed by atoms with Gasteiger partial charge in [0.2, 0.25) is 0 Å². The normalized spacial score (nSPS) is 12.9. The summed E-state index contributed by atoms with van der Waals surface area (Å²) in [5.41, 5.74) is 2.46. The van der Waals surface area contributed by atoms with E-state index in [9.17, 15) is 0 Å². The molecule has 0 spiro atoms. The topological polar surface area (TPSA) is 0 Å². The summed E-state index contributed by atoms with van der Waals surface area (Å²) in [6.45, 7) is 4.21. The molecule has 0 aliphatic carbocycles. The van der Waals surface area contributed by atoms with E-state index >= 15 is 0 Å². The van der Waals surface area contributed by atoms with Gasteiger partial charge in [0.1, 0.15) is 0 Å². The van der Waals surface area contributed by atoms with Gasteiger partial charge in [0.15, 0.2) is 0 Å². The van der Waals surface area contributed by atoms with Crippen molar-refractivity contribution in [3.05, 3.63) is 34.3 Å². The molecule has 0 radical (unpaired) electrons. The van der Waals surface area contributed by atoms with Gasteiger partial charge in [0.25, 0.3) is 0 Å². The van der Waals surface area contributed by atoms with E-state index in [4.69, 9.17) is 23.2 Å². The Bertz CT molecular complexity index is 281. The molecule has 1 aromatic rings. The maximum atomic E-state index is 5.94. The Balaban J connectivity index is 2.84. The lowest BCUT2D eigenvalue weighted by Gasteiger charge is -2.11. The van der Waals surface area contributed by atoms with Crippen molar-refractivity contribution in [1.82, 2.24) is 0 Å². The highest BCUT2D eigenvalue weighted by Gasteiger charge is 2.05. The zero-order valence-corrected chi connectivity index (χ0v) is 9.49. The van der Waals surface area contributed by atoms with Gasteiger partial charge >= 0.3 is 0 Å². The van der Waals surface area contributed by atoms with Crippen LogP contribution in [0.15, 0.2) is 18.2 Å². The zero-order chi connectivity index (χ0) is 9.84. The Morgan fingerprint density at radius 2 is 2.08 bits per heavy atom. The van der Waals surface area contributed by atoms with Crippen LogP contribution in [-0.2, 0) is 0 Å². The van der Waals surface area contributed by atoms with Gasteiger partial charge < -0.3 is 0 Å². The van der Waals surface area contributed by atoms with E-state index in [1.165, 1.54) is 5.56 Å². The van der Waals surface area contributed by atoms with E-state index in [0.29, 0.717) is 11.8 Å². The fourth-order valence-electron chi connectivity index (χ4n) is 1.30. The molecular weight excluding hydrogens is 203 g/mol. The van der Waals surface area contributed by atoms with Gasteiger partial charge in [-0.25, -0.2) is 0 Å². The first-order chi connectivity index (χ1) is 6.15. The van der Waals surface area contributed by atoms with Crippen molar-refractivity contribution >= 4 is 23.2 Å². The van der Waals surface area contributed by atoms with E-state index in [2.05, 4.69) is 19.1 Å². The van der Waals surface area contributed by atoms with Gasteiger partial charge in [0.05, 0.1) is 0 Å². The van der Waals surface area contributed by atoms with E-state index in [-0.39, 0.29) is 0 Å². The molecule has 1 aromatic carbocycles. The average molecular weight is 217 g/mol. The molecule has 0 saturated carbocycles. The lowest BCUT2D eigenvalue weighted by atomic mass is 9.97. The van der Waals surface area contributed by atoms with Crippen LogP contribution in [0.4, 0.5) is 0 Å². The van der Waals surface area contributed by atoms with Crippen LogP contribution in [0.2, 0.25) is 5.02 Å². The van der Waals surface area contributed by atoms with Crippen LogP contribution in [0.25, 0.3) is 0 Å². The van der Waals surface area contributed by atoms with Gasteiger partial charge in [-0.15, -0.1) is 11.6 Å². The number of rotatable bonds is 3. The fourth-order valence-corrected chi connectivity index (χ4v) is 1.75. The Morgan fingerprint density at radius 3 is 2.62 bits per heavy atom. The first-order valence-electron chi connectivity index (χ1n) is 4.47. The maximum Gasteiger partial charge on any atom is 0.0435 e. The fraction of sp³-hybridized carbons (Fsp3) is 0.455. The summed E-state index contributed by atoms with van der Waals surface area (Å²) in [5, 5.41) is 0.835. The first kappa shape index (κ1) is 10.9. The molecule has 72 valence electrons. The van der Waals surface area contributed by atoms with Crippen molar-refractivity contribution < 1.29 is 0 Å². The number of aryl methyl sites for hydroxylation is 1. The van der Waals surface area contributed by atoms with Gasteiger partial charge in [-0.05, 0) is 36.5 Å². The molecule has 1 rings (SSSR count). The third kappa shape index (κ3) is 2.89. The van der Waals surface area contributed by atoms with Crippen LogP contribution < -0.4 is 0 Å². The molecule has 0 aliphatic rings. The largest absolute Gasteiger partial charge is 0.127 e. The molecule has 0 bridgehead atoms. The van der Waals surface area contributed by atoms with Crippen LogP contribution in [0.5, 0.6) is 0 Å². The minimum Gasteiger partial charge on any atom is -0.127 e. The molecule has 1 atom stereocenters. The lowest BCUT2D eigenvalue weighted by molar-refractivity contribution is 0.737. The minimum atomic E-state index is 0.522.